The summed E-state index contributed by atoms with van der Waals surface area (Å²) in [5.41, 5.74) is 4.70. The Morgan fingerprint density at radius 2 is 0.953 bits per heavy atom. The Hall–Kier alpha value is -5.46. The van der Waals surface area contributed by atoms with E-state index in [4.69, 9.17) is 4.98 Å². The molecule has 18 heteroatoms. The first-order valence-corrected chi connectivity index (χ1v) is 13.5. The molecule has 18 nitrogen and oxygen atoms in total. The van der Waals surface area contributed by atoms with Gasteiger partial charge in [-0.05, 0) is 52.0 Å². The van der Waals surface area contributed by atoms with Gasteiger partial charge >= 0.3 is 0 Å². The lowest BCUT2D eigenvalue weighted by Crippen LogP contribution is -2.36. The van der Waals surface area contributed by atoms with Crippen LogP contribution in [0.15, 0.2) is 54.6 Å². The van der Waals surface area contributed by atoms with Crippen LogP contribution in [0.2, 0.25) is 0 Å². The average Bonchev–Trinajstić information content (AvgIpc) is 3.86. The Morgan fingerprint density at radius 3 is 1.37 bits per heavy atom. The Kier molecular flexibility index (Phi) is 8.98. The monoisotopic (exact) mass is 580 g/mol. The van der Waals surface area contributed by atoms with Crippen molar-refractivity contribution >= 4 is 0 Å². The Labute approximate surface area is 244 Å². The third kappa shape index (κ3) is 7.64. The molecule has 0 aromatic carbocycles. The zero-order chi connectivity index (χ0) is 29.1. The first-order valence-electron chi connectivity index (χ1n) is 13.5. The highest BCUT2D eigenvalue weighted by Gasteiger charge is 2.11. The molecule has 43 heavy (non-hydrogen) atoms. The summed E-state index contributed by atoms with van der Waals surface area (Å²) >= 11 is 0. The number of pyridine rings is 3. The maximum Gasteiger partial charge on any atom is 0.222 e. The van der Waals surface area contributed by atoms with Crippen LogP contribution in [-0.4, -0.2) is 108 Å². The Morgan fingerprint density at radius 1 is 0.535 bits per heavy atom. The van der Waals surface area contributed by atoms with E-state index in [9.17, 15) is 0 Å². The van der Waals surface area contributed by atoms with E-state index in [1.807, 2.05) is 54.6 Å². The molecule has 0 aliphatic carbocycles. The fourth-order valence-electron chi connectivity index (χ4n) is 4.31. The van der Waals surface area contributed by atoms with Crippen LogP contribution in [0.3, 0.4) is 0 Å². The van der Waals surface area contributed by atoms with Gasteiger partial charge < -0.3 is 10.6 Å². The van der Waals surface area contributed by atoms with E-state index in [1.54, 1.807) is 0 Å². The van der Waals surface area contributed by atoms with Crippen LogP contribution in [-0.2, 0) is 19.6 Å². The highest BCUT2D eigenvalue weighted by Crippen LogP contribution is 2.13. The zero-order valence-electron chi connectivity index (χ0n) is 23.0. The molecule has 0 aliphatic rings. The highest BCUT2D eigenvalue weighted by atomic mass is 15.5. The first kappa shape index (κ1) is 27.7. The second-order valence-corrected chi connectivity index (χ2v) is 9.38. The maximum absolute atomic E-state index is 4.75. The molecule has 0 radical (unpaired) electrons. The molecule has 0 spiro atoms. The summed E-state index contributed by atoms with van der Waals surface area (Å²) < 4.78 is 0. The van der Waals surface area contributed by atoms with Crippen molar-refractivity contribution in [3.8, 4) is 34.6 Å². The molecule has 6 heterocycles. The summed E-state index contributed by atoms with van der Waals surface area (Å²) in [6, 6.07) is 17.3. The van der Waals surface area contributed by atoms with Crippen molar-refractivity contribution in [1.82, 2.24) is 92.4 Å². The van der Waals surface area contributed by atoms with Gasteiger partial charge in [-0.25, -0.2) is 15.0 Å². The summed E-state index contributed by atoms with van der Waals surface area (Å²) in [4.78, 5) is 16.3. The van der Waals surface area contributed by atoms with E-state index in [1.165, 1.54) is 0 Å². The second-order valence-electron chi connectivity index (χ2n) is 9.38. The molecule has 6 rings (SSSR count). The average molecular weight is 581 g/mol. The number of aromatic nitrogens is 15. The summed E-state index contributed by atoms with van der Waals surface area (Å²) in [7, 11) is 0. The van der Waals surface area contributed by atoms with Gasteiger partial charge in [-0.1, -0.05) is 18.2 Å². The van der Waals surface area contributed by atoms with Crippen LogP contribution in [0.5, 0.6) is 0 Å². The minimum absolute atomic E-state index is 0.461. The van der Waals surface area contributed by atoms with E-state index >= 15 is 0 Å². The summed E-state index contributed by atoms with van der Waals surface area (Å²) in [5.74, 6) is 1.39. The lowest BCUT2D eigenvalue weighted by molar-refractivity contribution is 0.261. The van der Waals surface area contributed by atoms with E-state index in [0.717, 1.165) is 43.3 Å². The van der Waals surface area contributed by atoms with Gasteiger partial charge in [-0.3, -0.25) is 4.90 Å². The topological polar surface area (TPSA) is 229 Å². The van der Waals surface area contributed by atoms with Crippen molar-refractivity contribution in [3.63, 3.8) is 0 Å². The van der Waals surface area contributed by atoms with Gasteiger partial charge in [0.25, 0.3) is 0 Å². The van der Waals surface area contributed by atoms with E-state index in [0.29, 0.717) is 54.2 Å². The Bertz CT molecular complexity index is 1580. The van der Waals surface area contributed by atoms with Crippen molar-refractivity contribution in [3.05, 3.63) is 71.7 Å². The van der Waals surface area contributed by atoms with Gasteiger partial charge in [0.1, 0.15) is 17.1 Å². The fourth-order valence-corrected chi connectivity index (χ4v) is 4.31. The minimum Gasteiger partial charge on any atom is -0.310 e. The normalized spacial score (nSPS) is 11.4. The molecule has 0 unspecified atom stereocenters. The Balaban J connectivity index is 1.05. The van der Waals surface area contributed by atoms with Crippen molar-refractivity contribution in [1.29, 1.82) is 0 Å². The molecular weight excluding hydrogens is 552 g/mol. The van der Waals surface area contributed by atoms with Crippen LogP contribution in [0.25, 0.3) is 34.6 Å². The molecule has 0 fully saturated rings. The summed E-state index contributed by atoms with van der Waals surface area (Å²) in [5, 5.41) is 49.3. The number of hydrogen-bond acceptors (Lipinski definition) is 15. The van der Waals surface area contributed by atoms with Crippen LogP contribution < -0.4 is 10.6 Å². The number of aromatic amines is 3. The number of hydrogen-bond donors (Lipinski definition) is 5. The smallest absolute Gasteiger partial charge is 0.222 e. The van der Waals surface area contributed by atoms with Gasteiger partial charge in [-0.2, -0.15) is 15.6 Å². The molecule has 0 saturated heterocycles. The molecular formula is C25H28N18. The number of rotatable bonds is 15. The van der Waals surface area contributed by atoms with E-state index < -0.39 is 0 Å². The largest absolute Gasteiger partial charge is 0.310 e. The maximum atomic E-state index is 4.75. The quantitative estimate of drug-likeness (QED) is 0.0990. The molecule has 5 N–H and O–H groups in total. The van der Waals surface area contributed by atoms with Crippen LogP contribution in [0.4, 0.5) is 0 Å². The summed E-state index contributed by atoms with van der Waals surface area (Å²) in [6.45, 7) is 4.90. The van der Waals surface area contributed by atoms with Gasteiger partial charge in [-0.15, -0.1) is 30.6 Å². The van der Waals surface area contributed by atoms with Gasteiger partial charge in [0.05, 0.1) is 17.1 Å². The van der Waals surface area contributed by atoms with Gasteiger partial charge in [0.2, 0.25) is 17.5 Å². The predicted octanol–water partition coefficient (Wildman–Crippen LogP) is -0.206. The number of H-pyrrole nitrogens is 3. The first-order chi connectivity index (χ1) is 21.3. The van der Waals surface area contributed by atoms with Crippen molar-refractivity contribution in [2.75, 3.05) is 26.2 Å². The van der Waals surface area contributed by atoms with E-state index in [2.05, 4.69) is 87.4 Å². The van der Waals surface area contributed by atoms with Crippen LogP contribution >= 0.6 is 0 Å². The fraction of sp³-hybridized carbons (Fsp3) is 0.280. The number of tetrazole rings is 3. The standard InChI is InChI=1S/C25H28N18/c1-4-17(28-20(7-1)23-31-37-38-32-23)14-26-10-12-43(16-19-6-3-9-22(30-19)25-35-41-42-36-25)13-11-27-15-18-5-2-8-21(29-18)24-33-39-40-34-24/h1-9,26-27H,10-16H2,(H,31,32,37,38)(H,33,34,39,40)(H,35,36,41,42). The van der Waals surface area contributed by atoms with Crippen LogP contribution in [0.1, 0.15) is 17.1 Å². The van der Waals surface area contributed by atoms with Crippen LogP contribution in [0, 0.1) is 0 Å². The number of nitrogens with zero attached hydrogens (tertiary/aromatic N) is 13. The third-order valence-electron chi connectivity index (χ3n) is 6.35. The van der Waals surface area contributed by atoms with E-state index in [-0.39, 0.29) is 0 Å². The summed E-state index contributed by atoms with van der Waals surface area (Å²) in [6.07, 6.45) is 0. The van der Waals surface area contributed by atoms with Gasteiger partial charge in [0.15, 0.2) is 0 Å². The van der Waals surface area contributed by atoms with Gasteiger partial charge in [0, 0.05) is 45.8 Å². The van der Waals surface area contributed by atoms with Crippen molar-refractivity contribution in [2.45, 2.75) is 19.6 Å². The number of nitrogens with one attached hydrogen (secondary N) is 5. The molecule has 0 aliphatic heterocycles. The SMILES string of the molecule is c1cc(CNCCN(CCNCc2cccc(-c3nn[nH]n3)n2)Cc2cccc(-c3nn[nH]n3)n2)nc(-c2nn[nH]n2)c1. The van der Waals surface area contributed by atoms with Crippen molar-refractivity contribution in [2.24, 2.45) is 0 Å². The molecule has 6 aromatic heterocycles. The lowest BCUT2D eigenvalue weighted by Gasteiger charge is -2.22. The highest BCUT2D eigenvalue weighted by molar-refractivity contribution is 5.48. The molecule has 0 atom stereocenters. The van der Waals surface area contributed by atoms with Crippen molar-refractivity contribution < 1.29 is 0 Å². The zero-order valence-corrected chi connectivity index (χ0v) is 23.0. The minimum atomic E-state index is 0.461. The predicted molar refractivity (Wildman–Crippen MR) is 151 cm³/mol. The lowest BCUT2D eigenvalue weighted by atomic mass is 10.2. The molecule has 6 aromatic rings. The molecule has 218 valence electrons. The second kappa shape index (κ2) is 13.9. The molecule has 0 saturated carbocycles. The molecule has 0 bridgehead atoms. The molecule has 0 amide bonds. The third-order valence-corrected chi connectivity index (χ3v) is 6.35.